The Bertz CT molecular complexity index is 1450. The number of hydrogen-bond donors (Lipinski definition) is 1. The highest BCUT2D eigenvalue weighted by Crippen LogP contribution is 2.37. The number of carbonyl (C=O) groups is 1. The molecule has 0 radical (unpaired) electrons. The van der Waals surface area contributed by atoms with Gasteiger partial charge in [0.1, 0.15) is 28.7 Å². The zero-order chi connectivity index (χ0) is 24.3. The average Bonchev–Trinajstić information content (AvgIpc) is 3.22. The predicted molar refractivity (Wildman–Crippen MR) is 128 cm³/mol. The molecule has 3 aromatic heterocycles. The second kappa shape index (κ2) is 9.82. The number of hydrogen-bond acceptors (Lipinski definition) is 9. The van der Waals surface area contributed by atoms with Crippen molar-refractivity contribution in [3.05, 3.63) is 65.2 Å². The summed E-state index contributed by atoms with van der Waals surface area (Å²) < 4.78 is 42.2. The summed E-state index contributed by atoms with van der Waals surface area (Å²) in [6.07, 6.45) is 1.01. The molecule has 0 fully saturated rings. The summed E-state index contributed by atoms with van der Waals surface area (Å²) in [7, 11) is -3.45. The first kappa shape index (κ1) is 23.7. The lowest BCUT2D eigenvalue weighted by Crippen LogP contribution is -2.12. The molecular formula is C23H21FN4O4S2. The number of sulfone groups is 1. The van der Waals surface area contributed by atoms with Crippen LogP contribution in [0.2, 0.25) is 0 Å². The molecule has 0 unspecified atom stereocenters. The molecule has 11 heteroatoms. The Morgan fingerprint density at radius 2 is 1.88 bits per heavy atom. The van der Waals surface area contributed by atoms with Crippen molar-refractivity contribution in [3.8, 4) is 11.1 Å². The summed E-state index contributed by atoms with van der Waals surface area (Å²) in [6.45, 7) is 2.16. The number of ether oxygens (including phenoxy) is 1. The van der Waals surface area contributed by atoms with Gasteiger partial charge in [0.15, 0.2) is 14.9 Å². The molecule has 1 N–H and O–H groups in total. The lowest BCUT2D eigenvalue weighted by Gasteiger charge is -2.11. The van der Waals surface area contributed by atoms with Crippen LogP contribution in [0, 0.1) is 5.82 Å². The molecule has 4 aromatic rings. The van der Waals surface area contributed by atoms with E-state index in [1.807, 2.05) is 5.38 Å². The lowest BCUT2D eigenvalue weighted by atomic mass is 10.1. The Morgan fingerprint density at radius 3 is 2.59 bits per heavy atom. The maximum absolute atomic E-state index is 13.5. The zero-order valence-corrected chi connectivity index (χ0v) is 20.0. The van der Waals surface area contributed by atoms with Gasteiger partial charge in [-0.05, 0) is 36.8 Å². The van der Waals surface area contributed by atoms with E-state index in [-0.39, 0.29) is 30.4 Å². The molecule has 34 heavy (non-hydrogen) atoms. The van der Waals surface area contributed by atoms with E-state index in [2.05, 4.69) is 20.3 Å². The third-order valence-corrected chi connectivity index (χ3v) is 6.70. The van der Waals surface area contributed by atoms with Crippen molar-refractivity contribution in [2.45, 2.75) is 24.9 Å². The number of nitrogens with one attached hydrogen (secondary N) is 1. The highest BCUT2D eigenvalue weighted by atomic mass is 32.2. The smallest absolute Gasteiger partial charge is 0.313 e. The van der Waals surface area contributed by atoms with Crippen molar-refractivity contribution in [2.24, 2.45) is 0 Å². The van der Waals surface area contributed by atoms with Crippen molar-refractivity contribution in [1.29, 1.82) is 0 Å². The monoisotopic (exact) mass is 500 g/mol. The molecule has 1 aromatic carbocycles. The molecule has 0 aliphatic carbocycles. The summed E-state index contributed by atoms with van der Waals surface area (Å²) >= 11 is 1.38. The summed E-state index contributed by atoms with van der Waals surface area (Å²) in [5, 5.41) is 5.79. The largest absolute Gasteiger partial charge is 0.466 e. The Hall–Kier alpha value is -3.44. The van der Waals surface area contributed by atoms with Crippen molar-refractivity contribution in [1.82, 2.24) is 15.0 Å². The Kier molecular flexibility index (Phi) is 6.85. The van der Waals surface area contributed by atoms with Gasteiger partial charge >= 0.3 is 5.97 Å². The van der Waals surface area contributed by atoms with Gasteiger partial charge in [-0.2, -0.15) is 0 Å². The summed E-state index contributed by atoms with van der Waals surface area (Å²) in [4.78, 5) is 25.9. The van der Waals surface area contributed by atoms with Gasteiger partial charge in [-0.1, -0.05) is 18.2 Å². The van der Waals surface area contributed by atoms with E-state index in [0.717, 1.165) is 17.4 Å². The van der Waals surface area contributed by atoms with Crippen LogP contribution in [0.1, 0.15) is 18.4 Å². The van der Waals surface area contributed by atoms with E-state index in [0.29, 0.717) is 27.6 Å². The number of thiophene rings is 1. The summed E-state index contributed by atoms with van der Waals surface area (Å²) in [5.74, 6) is -0.0349. The SMILES string of the molecule is CCOC(=O)Cc1nc(NCc2cccc(S(C)(=O)=O)n2)c2c(-c3ccc(F)cc3)csc2n1. The number of anilines is 1. The van der Waals surface area contributed by atoms with Gasteiger partial charge in [0.25, 0.3) is 0 Å². The predicted octanol–water partition coefficient (Wildman–Crippen LogP) is 4.01. The number of rotatable bonds is 8. The molecule has 8 nitrogen and oxygen atoms in total. The van der Waals surface area contributed by atoms with Crippen LogP contribution in [-0.2, 0) is 32.3 Å². The van der Waals surface area contributed by atoms with E-state index in [1.54, 1.807) is 31.2 Å². The van der Waals surface area contributed by atoms with E-state index in [1.165, 1.54) is 29.5 Å². The number of carbonyl (C=O) groups excluding carboxylic acids is 1. The molecule has 0 aliphatic rings. The third-order valence-electron chi connectivity index (χ3n) is 4.84. The lowest BCUT2D eigenvalue weighted by molar-refractivity contribution is -0.142. The van der Waals surface area contributed by atoms with Crippen molar-refractivity contribution < 1.29 is 22.3 Å². The molecule has 0 aliphatic heterocycles. The maximum atomic E-state index is 13.5. The standard InChI is InChI=1S/C23H21FN4O4S2/c1-3-32-20(29)11-18-27-22(25-12-16-5-4-6-19(26-16)34(2,30)31)21-17(13-33-23(21)28-18)14-7-9-15(24)10-8-14/h4-10,13H,3,11-12H2,1-2H3,(H,25,27,28). The normalized spacial score (nSPS) is 11.5. The minimum atomic E-state index is -3.45. The molecule has 0 spiro atoms. The number of fused-ring (bicyclic) bond motifs is 1. The molecule has 0 saturated heterocycles. The first-order valence-corrected chi connectivity index (χ1v) is 13.1. The van der Waals surface area contributed by atoms with Gasteiger partial charge in [0.2, 0.25) is 0 Å². The van der Waals surface area contributed by atoms with Crippen LogP contribution in [0.5, 0.6) is 0 Å². The van der Waals surface area contributed by atoms with Crippen LogP contribution < -0.4 is 5.32 Å². The van der Waals surface area contributed by atoms with E-state index in [9.17, 15) is 17.6 Å². The second-order valence-electron chi connectivity index (χ2n) is 7.40. The van der Waals surface area contributed by atoms with Gasteiger partial charge in [0, 0.05) is 17.2 Å². The summed E-state index contributed by atoms with van der Waals surface area (Å²) in [6, 6.07) is 10.9. The van der Waals surface area contributed by atoms with Crippen molar-refractivity contribution >= 4 is 43.2 Å². The molecule has 0 bridgehead atoms. The fraction of sp³-hybridized carbons (Fsp3) is 0.217. The van der Waals surface area contributed by atoms with Crippen LogP contribution >= 0.6 is 11.3 Å². The minimum Gasteiger partial charge on any atom is -0.466 e. The van der Waals surface area contributed by atoms with Crippen LogP contribution in [0.4, 0.5) is 10.2 Å². The van der Waals surface area contributed by atoms with E-state index >= 15 is 0 Å². The van der Waals surface area contributed by atoms with Gasteiger partial charge in [0.05, 0.1) is 24.2 Å². The molecule has 3 heterocycles. The van der Waals surface area contributed by atoms with Gasteiger partial charge in [-0.15, -0.1) is 11.3 Å². The third kappa shape index (κ3) is 5.37. The number of esters is 1. The Morgan fingerprint density at radius 1 is 1.12 bits per heavy atom. The number of halogens is 1. The van der Waals surface area contributed by atoms with Crippen LogP contribution in [-0.4, -0.2) is 42.2 Å². The average molecular weight is 501 g/mol. The molecule has 0 atom stereocenters. The zero-order valence-electron chi connectivity index (χ0n) is 18.4. The minimum absolute atomic E-state index is 0.0230. The van der Waals surface area contributed by atoms with Crippen LogP contribution in [0.25, 0.3) is 21.3 Å². The van der Waals surface area contributed by atoms with Crippen LogP contribution in [0.15, 0.2) is 52.9 Å². The molecule has 0 amide bonds. The number of nitrogens with zero attached hydrogens (tertiary/aromatic N) is 3. The second-order valence-corrected chi connectivity index (χ2v) is 10.2. The number of aromatic nitrogens is 3. The molecular weight excluding hydrogens is 479 g/mol. The van der Waals surface area contributed by atoms with Gasteiger partial charge in [-0.25, -0.2) is 27.8 Å². The highest BCUT2D eigenvalue weighted by molar-refractivity contribution is 7.90. The first-order valence-electron chi connectivity index (χ1n) is 10.3. The molecule has 0 saturated carbocycles. The van der Waals surface area contributed by atoms with E-state index in [4.69, 9.17) is 4.74 Å². The maximum Gasteiger partial charge on any atom is 0.313 e. The molecule has 4 rings (SSSR count). The Labute approximate surface area is 199 Å². The van der Waals surface area contributed by atoms with Gasteiger partial charge < -0.3 is 10.1 Å². The molecule has 176 valence electrons. The van der Waals surface area contributed by atoms with Crippen LogP contribution in [0.3, 0.4) is 0 Å². The van der Waals surface area contributed by atoms with Gasteiger partial charge in [-0.3, -0.25) is 4.79 Å². The quantitative estimate of drug-likeness (QED) is 0.361. The Balaban J connectivity index is 1.74. The fourth-order valence-corrected chi connectivity index (χ4v) is 4.89. The highest BCUT2D eigenvalue weighted by Gasteiger charge is 2.18. The first-order chi connectivity index (χ1) is 16.2. The number of pyridine rings is 1. The fourth-order valence-electron chi connectivity index (χ4n) is 3.31. The van der Waals surface area contributed by atoms with Crippen molar-refractivity contribution in [3.63, 3.8) is 0 Å². The topological polar surface area (TPSA) is 111 Å². The summed E-state index contributed by atoms with van der Waals surface area (Å²) in [5.41, 5.74) is 2.10. The number of benzene rings is 1. The van der Waals surface area contributed by atoms with Crippen molar-refractivity contribution in [2.75, 3.05) is 18.2 Å². The van der Waals surface area contributed by atoms with E-state index < -0.39 is 15.8 Å².